The number of carboxylic acid groups (broad SMARTS) is 1. The predicted molar refractivity (Wildman–Crippen MR) is 73.0 cm³/mol. The number of hydrogen-bond donors (Lipinski definition) is 1. The highest BCUT2D eigenvalue weighted by molar-refractivity contribution is 9.10. The second-order valence-electron chi connectivity index (χ2n) is 4.08. The molecule has 1 N–H and O–H groups in total. The molecule has 0 aromatic heterocycles. The Labute approximate surface area is 119 Å². The molecule has 6 heteroatoms. The quantitative estimate of drug-likeness (QED) is 0.921. The first-order valence-corrected chi connectivity index (χ1v) is 6.47. The molecule has 98 valence electrons. The van der Waals surface area contributed by atoms with Gasteiger partial charge in [-0.2, -0.15) is 0 Å². The Morgan fingerprint density at radius 1 is 1.39 bits per heavy atom. The van der Waals surface area contributed by atoms with Gasteiger partial charge in [0, 0.05) is 21.1 Å². The van der Waals surface area contributed by atoms with Gasteiger partial charge in [-0.1, -0.05) is 27.5 Å². The Morgan fingerprint density at radius 2 is 2.00 bits per heavy atom. The molecule has 1 amide bonds. The highest BCUT2D eigenvalue weighted by atomic mass is 79.9. The third kappa shape index (κ3) is 3.99. The van der Waals surface area contributed by atoms with Gasteiger partial charge < -0.3 is 10.0 Å². The van der Waals surface area contributed by atoms with Gasteiger partial charge in [-0.05, 0) is 32.0 Å². The number of benzene rings is 1. The van der Waals surface area contributed by atoms with Crippen molar-refractivity contribution in [1.29, 1.82) is 0 Å². The number of halogens is 2. The third-order valence-electron chi connectivity index (χ3n) is 2.30. The molecule has 0 saturated carbocycles. The number of amides is 1. The Balaban J connectivity index is 3.05. The number of nitrogens with zero attached hydrogens (tertiary/aromatic N) is 1. The molecule has 0 atom stereocenters. The van der Waals surface area contributed by atoms with Crippen LogP contribution in [0.5, 0.6) is 0 Å². The summed E-state index contributed by atoms with van der Waals surface area (Å²) in [4.78, 5) is 24.2. The van der Waals surface area contributed by atoms with Crippen LogP contribution >= 0.6 is 27.5 Å². The van der Waals surface area contributed by atoms with Crippen molar-refractivity contribution < 1.29 is 14.7 Å². The van der Waals surface area contributed by atoms with Crippen molar-refractivity contribution in [2.45, 2.75) is 19.9 Å². The number of aliphatic carboxylic acids is 1. The Bertz CT molecular complexity index is 456. The van der Waals surface area contributed by atoms with Crippen LogP contribution in [0.4, 0.5) is 0 Å². The third-order valence-corrected chi connectivity index (χ3v) is 2.98. The van der Waals surface area contributed by atoms with Gasteiger partial charge in [0.15, 0.2) is 0 Å². The SMILES string of the molecule is CC(C)N(CC(=O)O)C(=O)c1cc(Cl)cc(Br)c1. The van der Waals surface area contributed by atoms with E-state index < -0.39 is 5.97 Å². The largest absolute Gasteiger partial charge is 0.480 e. The molecule has 0 heterocycles. The van der Waals surface area contributed by atoms with Crippen molar-refractivity contribution in [2.75, 3.05) is 6.54 Å². The molecule has 0 fully saturated rings. The number of hydrogen-bond acceptors (Lipinski definition) is 2. The summed E-state index contributed by atoms with van der Waals surface area (Å²) in [6.45, 7) is 3.20. The number of carboxylic acids is 1. The molecule has 0 aliphatic heterocycles. The van der Waals surface area contributed by atoms with E-state index in [1.807, 2.05) is 0 Å². The monoisotopic (exact) mass is 333 g/mol. The second kappa shape index (κ2) is 6.20. The van der Waals surface area contributed by atoms with Crippen LogP contribution in [-0.4, -0.2) is 34.5 Å². The molecule has 0 unspecified atom stereocenters. The first kappa shape index (κ1) is 15.0. The molecule has 1 aromatic rings. The molecular formula is C12H13BrClNO3. The average Bonchev–Trinajstić information content (AvgIpc) is 2.23. The van der Waals surface area contributed by atoms with Crippen LogP contribution in [0.25, 0.3) is 0 Å². The lowest BCUT2D eigenvalue weighted by atomic mass is 10.1. The van der Waals surface area contributed by atoms with Crippen LogP contribution in [0.3, 0.4) is 0 Å². The zero-order valence-electron chi connectivity index (χ0n) is 9.98. The van der Waals surface area contributed by atoms with Crippen LogP contribution in [-0.2, 0) is 4.79 Å². The highest BCUT2D eigenvalue weighted by Crippen LogP contribution is 2.21. The van der Waals surface area contributed by atoms with E-state index in [9.17, 15) is 9.59 Å². The van der Waals surface area contributed by atoms with Gasteiger partial charge in [0.1, 0.15) is 6.54 Å². The van der Waals surface area contributed by atoms with Crippen LogP contribution in [0.15, 0.2) is 22.7 Å². The molecule has 4 nitrogen and oxygen atoms in total. The minimum Gasteiger partial charge on any atom is -0.480 e. The van der Waals surface area contributed by atoms with Gasteiger partial charge in [0.25, 0.3) is 5.91 Å². The molecule has 1 rings (SSSR count). The van der Waals surface area contributed by atoms with E-state index in [1.54, 1.807) is 26.0 Å². The van der Waals surface area contributed by atoms with Gasteiger partial charge >= 0.3 is 5.97 Å². The lowest BCUT2D eigenvalue weighted by Gasteiger charge is -2.25. The fourth-order valence-electron chi connectivity index (χ4n) is 1.48. The first-order valence-electron chi connectivity index (χ1n) is 5.30. The van der Waals surface area contributed by atoms with Crippen molar-refractivity contribution >= 4 is 39.4 Å². The summed E-state index contributed by atoms with van der Waals surface area (Å²) in [6.07, 6.45) is 0. The highest BCUT2D eigenvalue weighted by Gasteiger charge is 2.21. The fourth-order valence-corrected chi connectivity index (χ4v) is 2.34. The van der Waals surface area contributed by atoms with E-state index >= 15 is 0 Å². The average molecular weight is 335 g/mol. The van der Waals surface area contributed by atoms with E-state index in [1.165, 1.54) is 11.0 Å². The topological polar surface area (TPSA) is 57.6 Å². The molecule has 0 aliphatic rings. The zero-order valence-corrected chi connectivity index (χ0v) is 12.3. The van der Waals surface area contributed by atoms with Gasteiger partial charge in [0.2, 0.25) is 0 Å². The molecule has 0 bridgehead atoms. The van der Waals surface area contributed by atoms with Gasteiger partial charge in [-0.3, -0.25) is 9.59 Å². The molecular weight excluding hydrogens is 321 g/mol. The van der Waals surface area contributed by atoms with Gasteiger partial charge in [0.05, 0.1) is 0 Å². The second-order valence-corrected chi connectivity index (χ2v) is 5.43. The van der Waals surface area contributed by atoms with Crippen molar-refractivity contribution in [1.82, 2.24) is 4.90 Å². The smallest absolute Gasteiger partial charge is 0.323 e. The van der Waals surface area contributed by atoms with Crippen molar-refractivity contribution in [3.05, 3.63) is 33.3 Å². The summed E-state index contributed by atoms with van der Waals surface area (Å²) in [5.74, 6) is -1.39. The number of carbonyl (C=O) groups excluding carboxylic acids is 1. The van der Waals surface area contributed by atoms with Crippen LogP contribution < -0.4 is 0 Å². The Hall–Kier alpha value is -1.07. The summed E-state index contributed by atoms with van der Waals surface area (Å²) >= 11 is 9.11. The van der Waals surface area contributed by atoms with Gasteiger partial charge in [-0.15, -0.1) is 0 Å². The van der Waals surface area contributed by atoms with Crippen molar-refractivity contribution in [3.63, 3.8) is 0 Å². The Morgan fingerprint density at radius 3 is 2.44 bits per heavy atom. The molecule has 0 saturated heterocycles. The van der Waals surface area contributed by atoms with Crippen LogP contribution in [0, 0.1) is 0 Å². The van der Waals surface area contributed by atoms with Crippen molar-refractivity contribution in [3.8, 4) is 0 Å². The van der Waals surface area contributed by atoms with E-state index in [2.05, 4.69) is 15.9 Å². The van der Waals surface area contributed by atoms with Crippen LogP contribution in [0.1, 0.15) is 24.2 Å². The maximum absolute atomic E-state index is 12.2. The molecule has 0 aliphatic carbocycles. The standard InChI is InChI=1S/C12H13BrClNO3/c1-7(2)15(6-11(16)17)12(18)8-3-9(13)5-10(14)4-8/h3-5,7H,6H2,1-2H3,(H,16,17). The molecule has 18 heavy (non-hydrogen) atoms. The maximum Gasteiger partial charge on any atom is 0.323 e. The van der Waals surface area contributed by atoms with Crippen molar-refractivity contribution in [2.24, 2.45) is 0 Å². The van der Waals surface area contributed by atoms with E-state index in [0.717, 1.165) is 0 Å². The number of carbonyl (C=O) groups is 2. The summed E-state index contributed by atoms with van der Waals surface area (Å²) in [5, 5.41) is 9.23. The van der Waals surface area contributed by atoms with E-state index in [-0.39, 0.29) is 18.5 Å². The maximum atomic E-state index is 12.2. The lowest BCUT2D eigenvalue weighted by molar-refractivity contribution is -0.138. The summed E-state index contributed by atoms with van der Waals surface area (Å²) in [7, 11) is 0. The fraction of sp³-hybridized carbons (Fsp3) is 0.333. The summed E-state index contributed by atoms with van der Waals surface area (Å²) in [6, 6.07) is 4.60. The zero-order chi connectivity index (χ0) is 13.9. The minimum absolute atomic E-state index is 0.202. The Kier molecular flexibility index (Phi) is 5.16. The number of rotatable bonds is 4. The normalized spacial score (nSPS) is 10.5. The predicted octanol–water partition coefficient (Wildman–Crippen LogP) is 3.04. The summed E-state index contributed by atoms with van der Waals surface area (Å²) in [5.41, 5.74) is 0.365. The van der Waals surface area contributed by atoms with Gasteiger partial charge in [-0.25, -0.2) is 0 Å². The van der Waals surface area contributed by atoms with E-state index in [4.69, 9.17) is 16.7 Å². The first-order chi connectivity index (χ1) is 8.31. The molecule has 0 radical (unpaired) electrons. The molecule has 1 aromatic carbocycles. The summed E-state index contributed by atoms with van der Waals surface area (Å²) < 4.78 is 0.678. The van der Waals surface area contributed by atoms with E-state index in [0.29, 0.717) is 15.1 Å². The van der Waals surface area contributed by atoms with Crippen LogP contribution in [0.2, 0.25) is 5.02 Å². The molecule has 0 spiro atoms. The minimum atomic E-state index is -1.04. The lowest BCUT2D eigenvalue weighted by Crippen LogP contribution is -2.40.